The highest BCUT2D eigenvalue weighted by molar-refractivity contribution is 7.97. The van der Waals surface area contributed by atoms with Gasteiger partial charge in [-0.15, -0.1) is 0 Å². The molecule has 0 saturated carbocycles. The van der Waals surface area contributed by atoms with E-state index in [1.165, 1.54) is 11.9 Å². The Morgan fingerprint density at radius 3 is 2.82 bits per heavy atom. The summed E-state index contributed by atoms with van der Waals surface area (Å²) < 4.78 is 0. The standard InChI is InChI=1S/C8H8ClNS/c1-2-6-3-4-7(9)5-8(6)11-10/h2-5H,1,10H2. The number of halogens is 1. The van der Waals surface area contributed by atoms with Crippen molar-refractivity contribution in [1.82, 2.24) is 0 Å². The monoisotopic (exact) mass is 185 g/mol. The second-order valence-electron chi connectivity index (χ2n) is 2.00. The molecular weight excluding hydrogens is 178 g/mol. The van der Waals surface area contributed by atoms with Crippen LogP contribution in [-0.2, 0) is 0 Å². The van der Waals surface area contributed by atoms with Gasteiger partial charge in [0.2, 0.25) is 0 Å². The molecule has 0 aromatic heterocycles. The summed E-state index contributed by atoms with van der Waals surface area (Å²) in [5.74, 6) is 0. The summed E-state index contributed by atoms with van der Waals surface area (Å²) in [4.78, 5) is 0.951. The molecule has 0 aliphatic carbocycles. The molecule has 0 aliphatic heterocycles. The molecule has 0 amide bonds. The molecule has 0 saturated heterocycles. The highest BCUT2D eigenvalue weighted by Crippen LogP contribution is 2.23. The summed E-state index contributed by atoms with van der Waals surface area (Å²) in [7, 11) is 0. The van der Waals surface area contributed by atoms with Gasteiger partial charge < -0.3 is 0 Å². The maximum absolute atomic E-state index is 5.75. The molecular formula is C8H8ClNS. The van der Waals surface area contributed by atoms with E-state index in [4.69, 9.17) is 16.7 Å². The van der Waals surface area contributed by atoms with E-state index < -0.39 is 0 Å². The third-order valence-electron chi connectivity index (χ3n) is 1.32. The summed E-state index contributed by atoms with van der Waals surface area (Å²) in [5, 5.41) is 6.10. The van der Waals surface area contributed by atoms with Gasteiger partial charge in [-0.2, -0.15) is 0 Å². The quantitative estimate of drug-likeness (QED) is 0.717. The topological polar surface area (TPSA) is 26.0 Å². The average Bonchev–Trinajstić information content (AvgIpc) is 2.04. The van der Waals surface area contributed by atoms with Crippen molar-refractivity contribution in [2.75, 3.05) is 0 Å². The van der Waals surface area contributed by atoms with Gasteiger partial charge in [-0.1, -0.05) is 30.3 Å². The maximum atomic E-state index is 5.75. The lowest BCUT2D eigenvalue weighted by Gasteiger charge is -2.01. The van der Waals surface area contributed by atoms with Crippen molar-refractivity contribution in [3.05, 3.63) is 35.4 Å². The molecule has 3 heteroatoms. The van der Waals surface area contributed by atoms with Gasteiger partial charge in [0.15, 0.2) is 0 Å². The zero-order valence-corrected chi connectivity index (χ0v) is 7.45. The van der Waals surface area contributed by atoms with Crippen molar-refractivity contribution in [2.45, 2.75) is 4.90 Å². The van der Waals surface area contributed by atoms with Crippen LogP contribution in [0.25, 0.3) is 6.08 Å². The first-order valence-corrected chi connectivity index (χ1v) is 4.32. The Morgan fingerprint density at radius 1 is 1.55 bits per heavy atom. The van der Waals surface area contributed by atoms with E-state index in [2.05, 4.69) is 6.58 Å². The number of benzene rings is 1. The first-order chi connectivity index (χ1) is 5.27. The highest BCUT2D eigenvalue weighted by atomic mass is 35.5. The van der Waals surface area contributed by atoms with Gasteiger partial charge in [-0.25, -0.2) is 0 Å². The third kappa shape index (κ3) is 1.99. The van der Waals surface area contributed by atoms with Gasteiger partial charge >= 0.3 is 0 Å². The van der Waals surface area contributed by atoms with Crippen LogP contribution in [0.3, 0.4) is 0 Å². The third-order valence-corrected chi connectivity index (χ3v) is 2.17. The van der Waals surface area contributed by atoms with Crippen LogP contribution >= 0.6 is 23.5 Å². The van der Waals surface area contributed by atoms with Gasteiger partial charge in [0.1, 0.15) is 0 Å². The smallest absolute Gasteiger partial charge is 0.0418 e. The van der Waals surface area contributed by atoms with Crippen LogP contribution in [0.1, 0.15) is 5.56 Å². The van der Waals surface area contributed by atoms with Crippen LogP contribution in [0.15, 0.2) is 29.7 Å². The lowest BCUT2D eigenvalue weighted by atomic mass is 10.2. The van der Waals surface area contributed by atoms with E-state index in [1.807, 2.05) is 18.2 Å². The van der Waals surface area contributed by atoms with Gasteiger partial charge in [0.25, 0.3) is 0 Å². The van der Waals surface area contributed by atoms with Crippen LogP contribution in [0, 0.1) is 0 Å². The van der Waals surface area contributed by atoms with Gasteiger partial charge in [0.05, 0.1) is 0 Å². The Labute approximate surface area is 75.4 Å². The number of hydrogen-bond acceptors (Lipinski definition) is 2. The minimum absolute atomic E-state index is 0.698. The molecule has 1 aromatic rings. The van der Waals surface area contributed by atoms with Crippen LogP contribution in [-0.4, -0.2) is 0 Å². The molecule has 0 bridgehead atoms. The minimum atomic E-state index is 0.698. The molecule has 1 nitrogen and oxygen atoms in total. The predicted molar refractivity (Wildman–Crippen MR) is 51.6 cm³/mol. The SMILES string of the molecule is C=Cc1ccc(Cl)cc1SN. The second-order valence-corrected chi connectivity index (χ2v) is 3.12. The van der Waals surface area contributed by atoms with E-state index in [1.54, 1.807) is 6.08 Å². The Bertz CT molecular complexity index is 273. The zero-order valence-electron chi connectivity index (χ0n) is 5.88. The van der Waals surface area contributed by atoms with Crippen molar-refractivity contribution in [3.8, 4) is 0 Å². The van der Waals surface area contributed by atoms with Crippen LogP contribution in [0.5, 0.6) is 0 Å². The summed E-state index contributed by atoms with van der Waals surface area (Å²) >= 11 is 6.93. The van der Waals surface area contributed by atoms with Gasteiger partial charge in [-0.05, 0) is 29.6 Å². The first kappa shape index (κ1) is 8.65. The molecule has 0 spiro atoms. The predicted octanol–water partition coefficient (Wildman–Crippen LogP) is 2.95. The summed E-state index contributed by atoms with van der Waals surface area (Å²) in [6.07, 6.45) is 1.76. The van der Waals surface area contributed by atoms with Crippen molar-refractivity contribution in [2.24, 2.45) is 5.14 Å². The number of hydrogen-bond donors (Lipinski definition) is 1. The van der Waals surface area contributed by atoms with Crippen LogP contribution in [0.4, 0.5) is 0 Å². The molecule has 11 heavy (non-hydrogen) atoms. The molecule has 0 radical (unpaired) electrons. The minimum Gasteiger partial charge on any atom is -0.274 e. The van der Waals surface area contributed by atoms with E-state index in [0.29, 0.717) is 5.02 Å². The fourth-order valence-electron chi connectivity index (χ4n) is 0.779. The molecule has 2 N–H and O–H groups in total. The van der Waals surface area contributed by atoms with E-state index in [9.17, 15) is 0 Å². The summed E-state index contributed by atoms with van der Waals surface area (Å²) in [6, 6.07) is 5.53. The van der Waals surface area contributed by atoms with Crippen molar-refractivity contribution < 1.29 is 0 Å². The molecule has 58 valence electrons. The van der Waals surface area contributed by atoms with E-state index >= 15 is 0 Å². The molecule has 0 atom stereocenters. The van der Waals surface area contributed by atoms with Crippen molar-refractivity contribution >= 4 is 29.6 Å². The Kier molecular flexibility index (Phi) is 3.00. The summed E-state index contributed by atoms with van der Waals surface area (Å²) in [6.45, 7) is 3.66. The van der Waals surface area contributed by atoms with Crippen molar-refractivity contribution in [3.63, 3.8) is 0 Å². The molecule has 0 fully saturated rings. The Morgan fingerprint density at radius 2 is 2.27 bits per heavy atom. The summed E-state index contributed by atoms with van der Waals surface area (Å²) in [5.41, 5.74) is 1.02. The number of rotatable bonds is 2. The van der Waals surface area contributed by atoms with Crippen molar-refractivity contribution in [1.29, 1.82) is 0 Å². The Hall–Kier alpha value is -0.440. The molecule has 1 rings (SSSR count). The van der Waals surface area contributed by atoms with Gasteiger partial charge in [-0.3, -0.25) is 5.14 Å². The van der Waals surface area contributed by atoms with Gasteiger partial charge in [0, 0.05) is 9.92 Å². The average molecular weight is 186 g/mol. The fourth-order valence-corrected chi connectivity index (χ4v) is 1.50. The lowest BCUT2D eigenvalue weighted by Crippen LogP contribution is -1.83. The second kappa shape index (κ2) is 3.81. The number of nitrogens with two attached hydrogens (primary N) is 1. The zero-order chi connectivity index (χ0) is 8.27. The van der Waals surface area contributed by atoms with Crippen LogP contribution in [0.2, 0.25) is 5.02 Å². The molecule has 0 aliphatic rings. The largest absolute Gasteiger partial charge is 0.274 e. The molecule has 0 unspecified atom stereocenters. The Balaban J connectivity index is 3.16. The maximum Gasteiger partial charge on any atom is 0.0418 e. The highest BCUT2D eigenvalue weighted by Gasteiger charge is 1.97. The molecule has 0 heterocycles. The lowest BCUT2D eigenvalue weighted by molar-refractivity contribution is 1.42. The first-order valence-electron chi connectivity index (χ1n) is 3.06. The van der Waals surface area contributed by atoms with E-state index in [-0.39, 0.29) is 0 Å². The normalized spacial score (nSPS) is 9.64. The molecule has 1 aromatic carbocycles. The fraction of sp³-hybridized carbons (Fsp3) is 0. The van der Waals surface area contributed by atoms with E-state index in [0.717, 1.165) is 10.5 Å². The van der Waals surface area contributed by atoms with Crippen LogP contribution < -0.4 is 5.14 Å².